The maximum absolute atomic E-state index is 11.6. The summed E-state index contributed by atoms with van der Waals surface area (Å²) >= 11 is 12.0. The second-order valence-corrected chi connectivity index (χ2v) is 4.37. The number of nitrogens with two attached hydrogens (primary N) is 1. The second kappa shape index (κ2) is 6.68. The molecule has 0 aliphatic rings. The van der Waals surface area contributed by atoms with E-state index in [1.165, 1.54) is 12.1 Å². The van der Waals surface area contributed by atoms with Crippen molar-refractivity contribution in [2.75, 3.05) is 19.0 Å². The van der Waals surface area contributed by atoms with E-state index < -0.39 is 11.9 Å². The highest BCUT2D eigenvalue weighted by Gasteiger charge is 2.14. The van der Waals surface area contributed by atoms with Crippen molar-refractivity contribution < 1.29 is 4.79 Å². The number of carbonyl (C=O) groups excluding carboxylic acids is 1. The van der Waals surface area contributed by atoms with E-state index in [1.807, 2.05) is 0 Å². The van der Waals surface area contributed by atoms with Gasteiger partial charge in [0.05, 0.1) is 15.7 Å². The molecule has 0 saturated heterocycles. The average molecular weight is 312 g/mol. The van der Waals surface area contributed by atoms with Crippen LogP contribution in [0.1, 0.15) is 10.4 Å². The molecule has 100 valence electrons. The van der Waals surface area contributed by atoms with Gasteiger partial charge >= 0.3 is 0 Å². The summed E-state index contributed by atoms with van der Waals surface area (Å²) in [6.07, 6.45) is 0. The molecule has 8 heteroatoms. The third-order valence-corrected chi connectivity index (χ3v) is 2.55. The second-order valence-electron chi connectivity index (χ2n) is 3.55. The molecule has 0 aliphatic carbocycles. The predicted octanol–water partition coefficient (Wildman–Crippen LogP) is 2.10. The molecule has 4 N–H and O–H groups in total. The van der Waals surface area contributed by atoms with Gasteiger partial charge in [0, 0.05) is 19.7 Å². The van der Waals surface area contributed by atoms with Crippen LogP contribution in [0.25, 0.3) is 0 Å². The van der Waals surface area contributed by atoms with Crippen LogP contribution < -0.4 is 16.0 Å². The molecule has 0 bridgehead atoms. The van der Waals surface area contributed by atoms with E-state index in [0.29, 0.717) is 15.7 Å². The maximum Gasteiger partial charge on any atom is 0.258 e. The summed E-state index contributed by atoms with van der Waals surface area (Å²) in [5.41, 5.74) is 5.94. The molecule has 0 heterocycles. The van der Waals surface area contributed by atoms with E-state index in [4.69, 9.17) is 34.3 Å². The molecular formula is C10H13Cl3N4O. The molecule has 0 fully saturated rings. The van der Waals surface area contributed by atoms with Gasteiger partial charge in [-0.2, -0.15) is 0 Å². The average Bonchev–Trinajstić information content (AvgIpc) is 2.14. The number of guanidine groups is 1. The number of hydrogen-bond donors (Lipinski definition) is 3. The van der Waals surface area contributed by atoms with Crippen molar-refractivity contribution in [2.24, 2.45) is 5.73 Å². The molecule has 0 spiro atoms. The summed E-state index contributed by atoms with van der Waals surface area (Å²) < 4.78 is 0. The largest absolute Gasteiger partial charge is 0.375 e. The summed E-state index contributed by atoms with van der Waals surface area (Å²) in [7, 11) is 3.59. The van der Waals surface area contributed by atoms with Crippen LogP contribution in [0.2, 0.25) is 10.0 Å². The summed E-state index contributed by atoms with van der Waals surface area (Å²) in [4.78, 5) is 13.3. The fourth-order valence-electron chi connectivity index (χ4n) is 1.32. The van der Waals surface area contributed by atoms with E-state index >= 15 is 0 Å². The Morgan fingerprint density at radius 1 is 1.33 bits per heavy atom. The standard InChI is InChI=1S/C10H12Cl2N4O.ClH/c1-16(2)8-6(11)3-5(4-7(8)12)9(17)15-10(13)14;/h3-4H,1-2H3,(H4,13,14,15,17);1H. The van der Waals surface area contributed by atoms with Crippen molar-refractivity contribution >= 4 is 53.2 Å². The lowest BCUT2D eigenvalue weighted by molar-refractivity contribution is 0.0976. The van der Waals surface area contributed by atoms with Crippen LogP contribution in [-0.4, -0.2) is 26.0 Å². The van der Waals surface area contributed by atoms with E-state index in [9.17, 15) is 4.79 Å². The molecule has 1 aromatic carbocycles. The maximum atomic E-state index is 11.6. The Balaban J connectivity index is 0.00000289. The molecule has 5 nitrogen and oxygen atoms in total. The molecule has 1 amide bonds. The Morgan fingerprint density at radius 3 is 2.11 bits per heavy atom. The van der Waals surface area contributed by atoms with Crippen molar-refractivity contribution in [3.8, 4) is 0 Å². The zero-order chi connectivity index (χ0) is 13.2. The molecule has 0 aliphatic heterocycles. The highest BCUT2D eigenvalue weighted by molar-refractivity contribution is 6.39. The topological polar surface area (TPSA) is 82.2 Å². The number of amides is 1. The Morgan fingerprint density at radius 2 is 1.78 bits per heavy atom. The van der Waals surface area contributed by atoms with Crippen LogP contribution in [0.3, 0.4) is 0 Å². The SMILES string of the molecule is CN(C)c1c(Cl)cc(C(=O)NC(=N)N)cc1Cl.Cl. The molecule has 1 aromatic rings. The zero-order valence-corrected chi connectivity index (χ0v) is 12.1. The van der Waals surface area contributed by atoms with Gasteiger partial charge in [-0.05, 0) is 12.1 Å². The van der Waals surface area contributed by atoms with E-state index in [1.54, 1.807) is 19.0 Å². The lowest BCUT2D eigenvalue weighted by Gasteiger charge is -2.17. The first-order valence-electron chi connectivity index (χ1n) is 4.64. The summed E-state index contributed by atoms with van der Waals surface area (Å²) in [6.45, 7) is 0. The van der Waals surface area contributed by atoms with Gasteiger partial charge in [-0.1, -0.05) is 23.2 Å². The van der Waals surface area contributed by atoms with Gasteiger partial charge < -0.3 is 10.6 Å². The van der Waals surface area contributed by atoms with E-state index in [-0.39, 0.29) is 18.0 Å². The third-order valence-electron chi connectivity index (χ3n) is 1.97. The quantitative estimate of drug-likeness (QED) is 0.578. The summed E-state index contributed by atoms with van der Waals surface area (Å²) in [5.74, 6) is -0.953. The smallest absolute Gasteiger partial charge is 0.258 e. The first-order chi connectivity index (χ1) is 7.82. The normalized spacial score (nSPS) is 9.33. The number of hydrogen-bond acceptors (Lipinski definition) is 3. The number of halogens is 3. The highest BCUT2D eigenvalue weighted by Crippen LogP contribution is 2.33. The monoisotopic (exact) mass is 310 g/mol. The molecule has 0 aromatic heterocycles. The van der Waals surface area contributed by atoms with E-state index in [2.05, 4.69) is 5.32 Å². The van der Waals surface area contributed by atoms with Crippen LogP contribution >= 0.6 is 35.6 Å². The number of nitrogens with zero attached hydrogens (tertiary/aromatic N) is 1. The zero-order valence-electron chi connectivity index (χ0n) is 9.75. The van der Waals surface area contributed by atoms with E-state index in [0.717, 1.165) is 0 Å². The van der Waals surface area contributed by atoms with Gasteiger partial charge in [-0.15, -0.1) is 12.4 Å². The Kier molecular flexibility index (Phi) is 6.25. The van der Waals surface area contributed by atoms with Crippen LogP contribution in [0.4, 0.5) is 5.69 Å². The Bertz CT molecular complexity index is 453. The van der Waals surface area contributed by atoms with Gasteiger partial charge in [0.1, 0.15) is 0 Å². The molecular weight excluding hydrogens is 298 g/mol. The van der Waals surface area contributed by atoms with Crippen LogP contribution in [0.15, 0.2) is 12.1 Å². The number of rotatable bonds is 2. The Hall–Kier alpha value is -1.17. The minimum Gasteiger partial charge on any atom is -0.375 e. The molecule has 0 atom stereocenters. The molecule has 0 unspecified atom stereocenters. The van der Waals surface area contributed by atoms with Crippen molar-refractivity contribution in [2.45, 2.75) is 0 Å². The third kappa shape index (κ3) is 3.94. The number of benzene rings is 1. The Labute approximate surface area is 121 Å². The lowest BCUT2D eigenvalue weighted by Crippen LogP contribution is -2.35. The van der Waals surface area contributed by atoms with Crippen molar-refractivity contribution in [1.82, 2.24) is 5.32 Å². The minimum atomic E-state index is -0.522. The summed E-state index contributed by atoms with van der Waals surface area (Å²) in [6, 6.07) is 2.95. The van der Waals surface area contributed by atoms with Gasteiger partial charge in [-0.3, -0.25) is 15.5 Å². The number of anilines is 1. The molecule has 1 rings (SSSR count). The van der Waals surface area contributed by atoms with Crippen molar-refractivity contribution in [3.63, 3.8) is 0 Å². The van der Waals surface area contributed by atoms with Crippen LogP contribution in [0, 0.1) is 5.41 Å². The molecule has 18 heavy (non-hydrogen) atoms. The highest BCUT2D eigenvalue weighted by atomic mass is 35.5. The lowest BCUT2D eigenvalue weighted by atomic mass is 10.2. The van der Waals surface area contributed by atoms with Crippen molar-refractivity contribution in [1.29, 1.82) is 5.41 Å². The van der Waals surface area contributed by atoms with Gasteiger partial charge in [0.15, 0.2) is 5.96 Å². The minimum absolute atomic E-state index is 0. The number of nitrogens with one attached hydrogen (secondary N) is 2. The molecule has 0 radical (unpaired) electrons. The van der Waals surface area contributed by atoms with Crippen molar-refractivity contribution in [3.05, 3.63) is 27.7 Å². The van der Waals surface area contributed by atoms with Gasteiger partial charge in [-0.25, -0.2) is 0 Å². The van der Waals surface area contributed by atoms with Crippen LogP contribution in [-0.2, 0) is 0 Å². The number of carbonyl (C=O) groups is 1. The summed E-state index contributed by atoms with van der Waals surface area (Å²) in [5, 5.41) is 9.83. The first kappa shape index (κ1) is 16.8. The fraction of sp³-hybridized carbons (Fsp3) is 0.200. The van der Waals surface area contributed by atoms with Gasteiger partial charge in [0.2, 0.25) is 0 Å². The predicted molar refractivity (Wildman–Crippen MR) is 77.4 cm³/mol. The van der Waals surface area contributed by atoms with Crippen LogP contribution in [0.5, 0.6) is 0 Å². The molecule has 0 saturated carbocycles. The van der Waals surface area contributed by atoms with Gasteiger partial charge in [0.25, 0.3) is 5.91 Å². The fourth-order valence-corrected chi connectivity index (χ4v) is 2.14. The first-order valence-corrected chi connectivity index (χ1v) is 5.40.